The smallest absolute Gasteiger partial charge is 0.416 e. The van der Waals surface area contributed by atoms with Crippen LogP contribution in [0, 0.1) is 12.3 Å². The molecule has 2 unspecified atom stereocenters. The number of aliphatic hydroxyl groups excluding tert-OH is 2. The molecule has 1 amide bonds. The molecule has 0 bridgehead atoms. The van der Waals surface area contributed by atoms with Crippen molar-refractivity contribution in [1.29, 1.82) is 0 Å². The van der Waals surface area contributed by atoms with Crippen molar-refractivity contribution in [2.45, 2.75) is 125 Å². The Morgan fingerprint density at radius 2 is 1.59 bits per heavy atom. The van der Waals surface area contributed by atoms with Crippen LogP contribution in [0.5, 0.6) is 0 Å². The molecule has 0 spiro atoms. The second-order valence-corrected chi connectivity index (χ2v) is 29.3. The summed E-state index contributed by atoms with van der Waals surface area (Å²) in [5.41, 5.74) is 8.42. The van der Waals surface area contributed by atoms with Crippen molar-refractivity contribution in [2.75, 3.05) is 31.6 Å². The van der Waals surface area contributed by atoms with Crippen molar-refractivity contribution in [1.82, 2.24) is 48.4 Å². The largest absolute Gasteiger partial charge is 0.479 e. The van der Waals surface area contributed by atoms with Gasteiger partial charge in [0.05, 0.1) is 58.3 Å². The third kappa shape index (κ3) is 12.9. The number of ether oxygens (including phenoxy) is 1. The highest BCUT2D eigenvalue weighted by Gasteiger charge is 2.52. The monoisotopic (exact) mass is 1410 g/mol. The van der Waals surface area contributed by atoms with Gasteiger partial charge in [-0.1, -0.05) is 61.5 Å². The highest BCUT2D eigenvalue weighted by molar-refractivity contribution is 8.72. The molecule has 522 valence electrons. The van der Waals surface area contributed by atoms with Gasteiger partial charge >= 0.3 is 18.1 Å². The van der Waals surface area contributed by atoms with E-state index in [9.17, 15) is 45.6 Å². The molecule has 23 nitrogen and oxygen atoms in total. The van der Waals surface area contributed by atoms with Crippen LogP contribution in [0.15, 0.2) is 172 Å². The van der Waals surface area contributed by atoms with Gasteiger partial charge in [-0.25, -0.2) is 38.0 Å². The van der Waals surface area contributed by atoms with E-state index < -0.39 is 44.6 Å². The summed E-state index contributed by atoms with van der Waals surface area (Å²) in [5, 5.41) is 27.1. The Morgan fingerprint density at radius 1 is 0.861 bits per heavy atom. The number of guanidine groups is 1. The molecule has 4 aromatic carbocycles. The number of carboxylic acids is 1. The maximum Gasteiger partial charge on any atom is 0.416 e. The number of hydrogen-bond donors (Lipinski definition) is 4. The number of aromatic nitrogens is 8. The Labute approximate surface area is 581 Å². The lowest BCUT2D eigenvalue weighted by molar-refractivity contribution is -0.156. The number of nitrogens with one attached hydrogen (secondary N) is 1. The number of benzene rings is 4. The average molecular weight is 1410 g/mol. The summed E-state index contributed by atoms with van der Waals surface area (Å²) in [5.74, 6) is -1.12. The first-order chi connectivity index (χ1) is 48.4. The zero-order valence-electron chi connectivity index (χ0n) is 55.6. The van der Waals surface area contributed by atoms with E-state index in [2.05, 4.69) is 47.4 Å². The number of amides is 1. The Kier molecular flexibility index (Phi) is 19.1. The minimum absolute atomic E-state index is 0.103. The molecule has 6 aromatic heterocycles. The summed E-state index contributed by atoms with van der Waals surface area (Å²) in [7, 11) is -1.02. The van der Waals surface area contributed by atoms with E-state index in [1.807, 2.05) is 85.5 Å². The quantitative estimate of drug-likeness (QED) is 0.0616. The molecule has 16 rings (SSSR count). The van der Waals surface area contributed by atoms with Gasteiger partial charge in [-0.2, -0.15) is 13.2 Å². The molecule has 28 heteroatoms. The third-order valence-corrected chi connectivity index (χ3v) is 22.7. The molecule has 1 saturated carbocycles. The standard InChI is InChI=1S/C28H30N2O4S2.C21H15N5O.C19H18F3N5O.C5H8O5/c1-3-28-14-8-15-29-16-13-22-21-12-11-19(35-36(32,33)20-9-6-5-7-10-20)17-23(21)30(25(22)26(28)29)24(18-28)27(31)34-4-2;1-14-9-11-23-20-17(14)18-19(21(27)26(20)15-6-3-2-4-7-15)25(13-24-18)16-8-5-10-22-12-16;1-26-17(28)15-16(27-13-4-2-3-12(13)23-18(26)27)25-14(24-15)9-10-5-7-11(8-6-10)19(20,21)22;1-2(6)3(7)4(8)5(9)10/h5-7,9-12,17-18,26H,3-4,8,13-16H2,1-2H3;2-13H,1H3;5-8,12-13H,2-4,9H2,1H3,(H,24,25);3-4,7-8H,1H3,(H,9,10)/t26-,28+;;12-,13+;/m0.1./s1. The SMILES string of the molecule is CC(=O)C(O)C(O)C(=O)O.CCOC(=O)C1=C[C@@]2(CC)CCCN3CCc4c(n1c1cc(SS(=O)(=O)c5ccccc5)ccc41)[C@H]32.CN1C(=O)c2[nH]c(Cc3ccc(C(F)(F)F)cc3)nc2N2C1=N[C@@H]1CCC[C@@H]12.Cc1ccnc2c1c1ncn(-c3cccnc3)c1c(=O)n2-c1ccccc1. The topological polar surface area (TPSA) is 294 Å². The number of Topliss-reactive ketones (excluding diaryl/α,β-unsaturated/α-hetero) is 1. The Bertz CT molecular complexity index is 5110. The molecular weight excluding hydrogens is 1340 g/mol. The van der Waals surface area contributed by atoms with Crippen LogP contribution < -0.4 is 10.5 Å². The molecule has 6 atom stereocenters. The van der Waals surface area contributed by atoms with Gasteiger partial charge in [-0.15, -0.1) is 0 Å². The number of aliphatic imine (C=N–C) groups is 1. The number of ketones is 1. The lowest BCUT2D eigenvalue weighted by atomic mass is 9.66. The fourth-order valence-corrected chi connectivity index (χ4v) is 17.4. The fourth-order valence-electron chi connectivity index (χ4n) is 14.6. The molecule has 5 aliphatic heterocycles. The number of para-hydroxylation sites is 1. The average Bonchev–Trinajstić information content (AvgIpc) is 1.59. The molecule has 1 saturated heterocycles. The summed E-state index contributed by atoms with van der Waals surface area (Å²) in [4.78, 5) is 92.4. The number of aromatic amines is 1. The van der Waals surface area contributed by atoms with Gasteiger partial charge in [0.15, 0.2) is 17.7 Å². The molecule has 6 aliphatic rings. The number of aliphatic carboxylic acids is 1. The number of alkyl halides is 3. The number of carboxylic acid groups (broad SMARTS) is 1. The van der Waals surface area contributed by atoms with Crippen LogP contribution in [-0.4, -0.2) is 153 Å². The van der Waals surface area contributed by atoms with Crippen molar-refractivity contribution in [3.63, 3.8) is 0 Å². The van der Waals surface area contributed by atoms with Gasteiger partial charge in [0.1, 0.15) is 46.3 Å². The van der Waals surface area contributed by atoms with Gasteiger partial charge in [0, 0.05) is 70.0 Å². The molecule has 101 heavy (non-hydrogen) atoms. The van der Waals surface area contributed by atoms with Crippen LogP contribution in [0.25, 0.3) is 50.0 Å². The number of carbonyl (C=O) groups is 4. The molecule has 1 aliphatic carbocycles. The number of esters is 1. The van der Waals surface area contributed by atoms with E-state index in [1.54, 1.807) is 76.3 Å². The van der Waals surface area contributed by atoms with Gasteiger partial charge in [0.2, 0.25) is 14.8 Å². The Morgan fingerprint density at radius 3 is 2.27 bits per heavy atom. The van der Waals surface area contributed by atoms with Crippen LogP contribution >= 0.6 is 10.8 Å². The van der Waals surface area contributed by atoms with E-state index in [0.717, 1.165) is 121 Å². The lowest BCUT2D eigenvalue weighted by Gasteiger charge is -2.53. The second-order valence-electron chi connectivity index (χ2n) is 25.5. The van der Waals surface area contributed by atoms with Crippen molar-refractivity contribution in [3.8, 4) is 11.4 Å². The number of piperidine rings is 1. The highest BCUT2D eigenvalue weighted by atomic mass is 33.1. The van der Waals surface area contributed by atoms with Crippen LogP contribution in [-0.2, 0) is 47.0 Å². The van der Waals surface area contributed by atoms with Crippen LogP contribution in [0.2, 0.25) is 0 Å². The first-order valence-electron chi connectivity index (χ1n) is 33.1. The summed E-state index contributed by atoms with van der Waals surface area (Å²) in [6.45, 7) is 9.42. The number of hydrogen-bond acceptors (Lipinski definition) is 18. The van der Waals surface area contributed by atoms with E-state index in [1.165, 1.54) is 23.4 Å². The minimum Gasteiger partial charge on any atom is -0.479 e. The number of aryl methyl sites for hydroxylation is 1. The van der Waals surface area contributed by atoms with Gasteiger partial charge in [-0.05, 0) is 162 Å². The highest BCUT2D eigenvalue weighted by Crippen LogP contribution is 2.57. The number of pyridine rings is 3. The normalized spacial score (nSPS) is 19.4. The van der Waals surface area contributed by atoms with Gasteiger partial charge in [-0.3, -0.25) is 43.2 Å². The Balaban J connectivity index is 0.000000128. The maximum absolute atomic E-state index is 13.6. The first kappa shape index (κ1) is 69.4. The number of halogens is 3. The van der Waals surface area contributed by atoms with E-state index in [4.69, 9.17) is 25.0 Å². The minimum atomic E-state index is -4.36. The van der Waals surface area contributed by atoms with Gasteiger partial charge in [0.25, 0.3) is 11.5 Å². The first-order valence-corrected chi connectivity index (χ1v) is 35.9. The molecular formula is C73H71F3N12O11S2. The predicted molar refractivity (Wildman–Crippen MR) is 373 cm³/mol. The zero-order valence-corrected chi connectivity index (χ0v) is 57.2. The number of anilines is 1. The number of carbonyl (C=O) groups excluding carboxylic acids is 3. The maximum atomic E-state index is 13.6. The van der Waals surface area contributed by atoms with Crippen molar-refractivity contribution in [2.24, 2.45) is 10.4 Å². The molecule has 11 heterocycles. The second kappa shape index (κ2) is 27.8. The summed E-state index contributed by atoms with van der Waals surface area (Å²) < 4.78 is 75.4. The van der Waals surface area contributed by atoms with Crippen molar-refractivity contribution >= 4 is 93.7 Å². The summed E-state index contributed by atoms with van der Waals surface area (Å²) in [6.07, 6.45) is 8.23. The predicted octanol–water partition coefficient (Wildman–Crippen LogP) is 10.6. The van der Waals surface area contributed by atoms with E-state index in [-0.39, 0.29) is 45.9 Å². The number of aliphatic hydroxyl groups is 2. The molecule has 2 fully saturated rings. The van der Waals surface area contributed by atoms with Crippen LogP contribution in [0.1, 0.15) is 110 Å². The third-order valence-electron chi connectivity index (χ3n) is 19.4. The van der Waals surface area contributed by atoms with Crippen LogP contribution in [0.4, 0.5) is 19.0 Å². The lowest BCUT2D eigenvalue weighted by Crippen LogP contribution is -2.51. The van der Waals surface area contributed by atoms with E-state index in [0.29, 0.717) is 69.2 Å². The molecule has 10 aromatic rings. The molecule has 4 N–H and O–H groups in total. The van der Waals surface area contributed by atoms with Crippen molar-refractivity contribution < 1.29 is 60.8 Å². The van der Waals surface area contributed by atoms with Crippen molar-refractivity contribution in [3.05, 3.63) is 202 Å². The molecule has 0 radical (unpaired) electrons. The number of nitrogens with zero attached hydrogens (tertiary/aromatic N) is 11. The number of rotatable bonds is 13. The van der Waals surface area contributed by atoms with Gasteiger partial charge < -0.3 is 29.6 Å². The number of H-pyrrole nitrogens is 1. The summed E-state index contributed by atoms with van der Waals surface area (Å²) >= 11 is 0. The van der Waals surface area contributed by atoms with E-state index >= 15 is 0 Å². The number of fused-ring (bicyclic) bond motifs is 11. The fraction of sp³-hybridized carbons (Fsp3) is 0.315. The Hall–Kier alpha value is -10.1. The number of imidazole rings is 2. The summed E-state index contributed by atoms with van der Waals surface area (Å²) in [6, 6.07) is 35.2. The zero-order chi connectivity index (χ0) is 71.4. The van der Waals surface area contributed by atoms with Crippen LogP contribution in [0.3, 0.4) is 0 Å².